The van der Waals surface area contributed by atoms with E-state index in [0.717, 1.165) is 5.57 Å². The van der Waals surface area contributed by atoms with Crippen LogP contribution in [0.4, 0.5) is 0 Å². The van der Waals surface area contributed by atoms with Gasteiger partial charge in [-0.1, -0.05) is 65.2 Å². The molecule has 0 heterocycles. The summed E-state index contributed by atoms with van der Waals surface area (Å²) >= 11 is 0. The van der Waals surface area contributed by atoms with Crippen LogP contribution >= 0.6 is 0 Å². The standard InChI is InChI=1S/C14H14.C4H9N/c1-11-3-7-13(8-4-11)14-9-5-12(2)6-10-14;1-4(2)3-5/h3-10H,1-2H3;3H,5H2,1-2H3. The first kappa shape index (κ1) is 15.0. The van der Waals surface area contributed by atoms with Gasteiger partial charge in [0.05, 0.1) is 0 Å². The number of hydrogen-bond donors (Lipinski definition) is 1. The fourth-order valence-electron chi connectivity index (χ4n) is 1.49. The molecular formula is C18H23N. The topological polar surface area (TPSA) is 26.0 Å². The van der Waals surface area contributed by atoms with E-state index in [9.17, 15) is 0 Å². The van der Waals surface area contributed by atoms with Crippen LogP contribution in [0.2, 0.25) is 0 Å². The highest BCUT2D eigenvalue weighted by atomic mass is 14.5. The fourth-order valence-corrected chi connectivity index (χ4v) is 1.49. The predicted octanol–water partition coefficient (Wildman–Crippen LogP) is 4.84. The molecule has 19 heavy (non-hydrogen) atoms. The van der Waals surface area contributed by atoms with Gasteiger partial charge in [-0.25, -0.2) is 0 Å². The zero-order valence-corrected chi connectivity index (χ0v) is 12.3. The lowest BCUT2D eigenvalue weighted by molar-refractivity contribution is 1.34. The minimum atomic E-state index is 1.16. The molecule has 0 atom stereocenters. The highest BCUT2D eigenvalue weighted by Gasteiger charge is 1.95. The van der Waals surface area contributed by atoms with Crippen LogP contribution in [0, 0.1) is 13.8 Å². The minimum absolute atomic E-state index is 1.16. The Morgan fingerprint density at radius 3 is 1.21 bits per heavy atom. The van der Waals surface area contributed by atoms with Gasteiger partial charge in [0, 0.05) is 0 Å². The number of nitrogens with two attached hydrogens (primary N) is 1. The molecule has 2 aromatic rings. The third kappa shape index (κ3) is 5.43. The van der Waals surface area contributed by atoms with Gasteiger partial charge in [0.25, 0.3) is 0 Å². The van der Waals surface area contributed by atoms with Crippen molar-refractivity contribution in [3.63, 3.8) is 0 Å². The maximum absolute atomic E-state index is 5.01. The van der Waals surface area contributed by atoms with Crippen LogP contribution in [0.15, 0.2) is 60.3 Å². The Hall–Kier alpha value is -2.02. The van der Waals surface area contributed by atoms with Crippen LogP contribution in [0.5, 0.6) is 0 Å². The van der Waals surface area contributed by atoms with E-state index < -0.39 is 0 Å². The second-order valence-corrected chi connectivity index (χ2v) is 4.98. The van der Waals surface area contributed by atoms with Gasteiger partial charge in [0.2, 0.25) is 0 Å². The molecular weight excluding hydrogens is 230 g/mol. The van der Waals surface area contributed by atoms with Crippen molar-refractivity contribution in [2.45, 2.75) is 27.7 Å². The molecule has 2 aromatic carbocycles. The third-order valence-electron chi connectivity index (χ3n) is 2.77. The first-order valence-corrected chi connectivity index (χ1v) is 6.51. The predicted molar refractivity (Wildman–Crippen MR) is 85.0 cm³/mol. The Bertz CT molecular complexity index is 471. The molecule has 0 bridgehead atoms. The summed E-state index contributed by atoms with van der Waals surface area (Å²) in [6.45, 7) is 8.14. The lowest BCUT2D eigenvalue weighted by Crippen LogP contribution is -1.78. The summed E-state index contributed by atoms with van der Waals surface area (Å²) < 4.78 is 0. The second-order valence-electron chi connectivity index (χ2n) is 4.98. The summed E-state index contributed by atoms with van der Waals surface area (Å²) in [6.07, 6.45) is 1.58. The quantitative estimate of drug-likeness (QED) is 0.773. The highest BCUT2D eigenvalue weighted by molar-refractivity contribution is 5.63. The summed E-state index contributed by atoms with van der Waals surface area (Å²) in [6, 6.07) is 17.3. The van der Waals surface area contributed by atoms with Gasteiger partial charge in [-0.3, -0.25) is 0 Å². The highest BCUT2D eigenvalue weighted by Crippen LogP contribution is 2.19. The molecule has 0 aromatic heterocycles. The second kappa shape index (κ2) is 7.42. The zero-order chi connectivity index (χ0) is 14.3. The number of rotatable bonds is 1. The van der Waals surface area contributed by atoms with Crippen LogP contribution < -0.4 is 5.73 Å². The molecule has 0 amide bonds. The van der Waals surface area contributed by atoms with E-state index in [0.29, 0.717) is 0 Å². The minimum Gasteiger partial charge on any atom is -0.405 e. The van der Waals surface area contributed by atoms with Crippen LogP contribution in [0.1, 0.15) is 25.0 Å². The van der Waals surface area contributed by atoms with Crippen LogP contribution in [-0.2, 0) is 0 Å². The molecule has 0 aliphatic rings. The van der Waals surface area contributed by atoms with Crippen LogP contribution in [0.25, 0.3) is 11.1 Å². The van der Waals surface area contributed by atoms with Crippen molar-refractivity contribution in [2.75, 3.05) is 0 Å². The summed E-state index contributed by atoms with van der Waals surface area (Å²) in [5.74, 6) is 0. The maximum atomic E-state index is 5.01. The van der Waals surface area contributed by atoms with E-state index in [1.807, 2.05) is 13.8 Å². The summed E-state index contributed by atoms with van der Waals surface area (Å²) in [5.41, 5.74) is 11.4. The smallest absolute Gasteiger partial charge is 0.00761 e. The Kier molecular flexibility index (Phi) is 5.87. The fraction of sp³-hybridized carbons (Fsp3) is 0.222. The molecule has 0 aliphatic carbocycles. The van der Waals surface area contributed by atoms with Gasteiger partial charge >= 0.3 is 0 Å². The zero-order valence-electron chi connectivity index (χ0n) is 12.3. The number of benzene rings is 2. The lowest BCUT2D eigenvalue weighted by atomic mass is 10.0. The van der Waals surface area contributed by atoms with Gasteiger partial charge in [0.15, 0.2) is 0 Å². The van der Waals surface area contributed by atoms with Crippen molar-refractivity contribution in [1.82, 2.24) is 0 Å². The normalized spacial score (nSPS) is 9.26. The van der Waals surface area contributed by atoms with E-state index in [4.69, 9.17) is 5.73 Å². The van der Waals surface area contributed by atoms with Crippen molar-refractivity contribution in [3.8, 4) is 11.1 Å². The summed E-state index contributed by atoms with van der Waals surface area (Å²) in [5, 5.41) is 0. The maximum Gasteiger partial charge on any atom is -0.00761 e. The van der Waals surface area contributed by atoms with Crippen LogP contribution in [0.3, 0.4) is 0 Å². The Balaban J connectivity index is 0.000000312. The molecule has 0 radical (unpaired) electrons. The van der Waals surface area contributed by atoms with E-state index in [-0.39, 0.29) is 0 Å². The van der Waals surface area contributed by atoms with Crippen molar-refractivity contribution in [1.29, 1.82) is 0 Å². The van der Waals surface area contributed by atoms with Gasteiger partial charge in [-0.05, 0) is 45.0 Å². The van der Waals surface area contributed by atoms with Gasteiger partial charge in [-0.15, -0.1) is 0 Å². The molecule has 2 rings (SSSR count). The molecule has 2 N–H and O–H groups in total. The van der Waals surface area contributed by atoms with E-state index in [2.05, 4.69) is 62.4 Å². The summed E-state index contributed by atoms with van der Waals surface area (Å²) in [4.78, 5) is 0. The number of allylic oxidation sites excluding steroid dienone is 1. The van der Waals surface area contributed by atoms with E-state index in [1.54, 1.807) is 6.20 Å². The van der Waals surface area contributed by atoms with Crippen molar-refractivity contribution in [3.05, 3.63) is 71.4 Å². The molecule has 1 nitrogen and oxygen atoms in total. The number of hydrogen-bond acceptors (Lipinski definition) is 1. The Morgan fingerprint density at radius 1 is 0.737 bits per heavy atom. The van der Waals surface area contributed by atoms with E-state index in [1.165, 1.54) is 22.3 Å². The number of aryl methyl sites for hydroxylation is 2. The summed E-state index contributed by atoms with van der Waals surface area (Å²) in [7, 11) is 0. The monoisotopic (exact) mass is 253 g/mol. The van der Waals surface area contributed by atoms with Gasteiger partial charge in [-0.2, -0.15) is 0 Å². The van der Waals surface area contributed by atoms with Crippen molar-refractivity contribution < 1.29 is 0 Å². The average Bonchev–Trinajstić information content (AvgIpc) is 2.41. The van der Waals surface area contributed by atoms with Gasteiger partial charge in [0.1, 0.15) is 0 Å². The molecule has 0 unspecified atom stereocenters. The Labute approximate surface area is 116 Å². The van der Waals surface area contributed by atoms with Crippen molar-refractivity contribution in [2.24, 2.45) is 5.73 Å². The third-order valence-corrected chi connectivity index (χ3v) is 2.77. The molecule has 0 saturated heterocycles. The average molecular weight is 253 g/mol. The van der Waals surface area contributed by atoms with E-state index >= 15 is 0 Å². The molecule has 1 heteroatoms. The SMILES string of the molecule is CC(C)=CN.Cc1ccc(-c2ccc(C)cc2)cc1. The van der Waals surface area contributed by atoms with Crippen molar-refractivity contribution >= 4 is 0 Å². The first-order chi connectivity index (χ1) is 9.02. The Morgan fingerprint density at radius 2 is 1.00 bits per heavy atom. The molecule has 0 saturated carbocycles. The molecule has 0 spiro atoms. The molecule has 0 fully saturated rings. The van der Waals surface area contributed by atoms with Gasteiger partial charge < -0.3 is 5.73 Å². The first-order valence-electron chi connectivity index (χ1n) is 6.51. The molecule has 0 aliphatic heterocycles. The largest absolute Gasteiger partial charge is 0.405 e. The lowest BCUT2D eigenvalue weighted by Gasteiger charge is -2.02. The van der Waals surface area contributed by atoms with Crippen LogP contribution in [-0.4, -0.2) is 0 Å². The molecule has 100 valence electrons.